The van der Waals surface area contributed by atoms with E-state index in [0.717, 1.165) is 38.8 Å². The van der Waals surface area contributed by atoms with Gasteiger partial charge in [-0.2, -0.15) is 0 Å². The molecule has 0 spiro atoms. The molecule has 2 fully saturated rings. The summed E-state index contributed by atoms with van der Waals surface area (Å²) in [5, 5.41) is 6.19. The molecule has 0 aliphatic carbocycles. The number of hydrogen-bond acceptors (Lipinski definition) is 5. The molecule has 2 unspecified atom stereocenters. The second-order valence-corrected chi connectivity index (χ2v) is 7.56. The van der Waals surface area contributed by atoms with Crippen LogP contribution in [0.1, 0.15) is 48.9 Å². The molecule has 1 aromatic rings. The predicted molar refractivity (Wildman–Crippen MR) is 113 cm³/mol. The Labute approximate surface area is 178 Å². The Morgan fingerprint density at radius 1 is 1.24 bits per heavy atom. The molecule has 7 nitrogen and oxygen atoms in total. The van der Waals surface area contributed by atoms with Crippen LogP contribution in [-0.4, -0.2) is 55.5 Å². The summed E-state index contributed by atoms with van der Waals surface area (Å²) in [5.41, 5.74) is 1.07. The molecule has 2 aliphatic rings. The minimum absolute atomic E-state index is 0. The van der Waals surface area contributed by atoms with Crippen molar-refractivity contribution in [3.05, 3.63) is 29.8 Å². The third-order valence-electron chi connectivity index (χ3n) is 5.57. The topological polar surface area (TPSA) is 87.7 Å². The molecule has 0 aromatic heterocycles. The lowest BCUT2D eigenvalue weighted by Gasteiger charge is -2.33. The summed E-state index contributed by atoms with van der Waals surface area (Å²) in [7, 11) is 1.34. The molecule has 2 amide bonds. The summed E-state index contributed by atoms with van der Waals surface area (Å²) in [4.78, 5) is 38.8. The van der Waals surface area contributed by atoms with Crippen LogP contribution in [0, 0.1) is 5.92 Å². The first kappa shape index (κ1) is 23.2. The SMILES string of the molecule is COC(=O)C1CCCCN1C(=O)c1cccc(NC(=O)CCC2CCNC2)c1.Cl. The molecule has 29 heavy (non-hydrogen) atoms. The number of rotatable bonds is 6. The van der Waals surface area contributed by atoms with Crippen LogP contribution in [0.15, 0.2) is 24.3 Å². The average molecular weight is 424 g/mol. The molecular weight excluding hydrogens is 394 g/mol. The first-order valence-electron chi connectivity index (χ1n) is 10.1. The molecule has 0 radical (unpaired) electrons. The number of likely N-dealkylation sites (tertiary alicyclic amines) is 1. The Kier molecular flexibility index (Phi) is 8.92. The number of carbonyl (C=O) groups excluding carboxylic acids is 3. The highest BCUT2D eigenvalue weighted by Gasteiger charge is 2.33. The quantitative estimate of drug-likeness (QED) is 0.686. The third kappa shape index (κ3) is 6.18. The predicted octanol–water partition coefficient (Wildman–Crippen LogP) is 2.60. The number of anilines is 1. The monoisotopic (exact) mass is 423 g/mol. The smallest absolute Gasteiger partial charge is 0.328 e. The number of ether oxygens (including phenoxy) is 1. The molecule has 2 heterocycles. The number of piperidine rings is 1. The van der Waals surface area contributed by atoms with Crippen LogP contribution in [-0.2, 0) is 14.3 Å². The summed E-state index contributed by atoms with van der Waals surface area (Å²) >= 11 is 0. The number of esters is 1. The van der Waals surface area contributed by atoms with Gasteiger partial charge in [0.15, 0.2) is 0 Å². The number of amides is 2. The van der Waals surface area contributed by atoms with Gasteiger partial charge in [0.05, 0.1) is 7.11 Å². The lowest BCUT2D eigenvalue weighted by Crippen LogP contribution is -2.48. The van der Waals surface area contributed by atoms with E-state index < -0.39 is 6.04 Å². The maximum Gasteiger partial charge on any atom is 0.328 e. The van der Waals surface area contributed by atoms with E-state index in [-0.39, 0.29) is 30.2 Å². The third-order valence-corrected chi connectivity index (χ3v) is 5.57. The number of nitrogens with one attached hydrogen (secondary N) is 2. The average Bonchev–Trinajstić information content (AvgIpc) is 3.25. The zero-order valence-corrected chi connectivity index (χ0v) is 17.6. The second-order valence-electron chi connectivity index (χ2n) is 7.56. The van der Waals surface area contributed by atoms with Crippen molar-refractivity contribution in [2.24, 2.45) is 5.92 Å². The zero-order valence-electron chi connectivity index (χ0n) is 16.8. The van der Waals surface area contributed by atoms with Gasteiger partial charge in [-0.3, -0.25) is 9.59 Å². The van der Waals surface area contributed by atoms with Crippen LogP contribution in [0.3, 0.4) is 0 Å². The van der Waals surface area contributed by atoms with Gasteiger partial charge in [0.25, 0.3) is 5.91 Å². The minimum Gasteiger partial charge on any atom is -0.467 e. The fourth-order valence-electron chi connectivity index (χ4n) is 3.97. The number of methoxy groups -OCH3 is 1. The molecule has 8 heteroatoms. The van der Waals surface area contributed by atoms with E-state index in [4.69, 9.17) is 4.74 Å². The molecule has 2 N–H and O–H groups in total. The summed E-state index contributed by atoms with van der Waals surface area (Å²) in [5.74, 6) is -0.0583. The summed E-state index contributed by atoms with van der Waals surface area (Å²) in [6.45, 7) is 2.54. The van der Waals surface area contributed by atoms with Crippen molar-refractivity contribution < 1.29 is 19.1 Å². The fraction of sp³-hybridized carbons (Fsp3) is 0.571. The highest BCUT2D eigenvalue weighted by atomic mass is 35.5. The van der Waals surface area contributed by atoms with Gasteiger partial charge < -0.3 is 20.3 Å². The molecule has 2 atom stereocenters. The van der Waals surface area contributed by atoms with Crippen molar-refractivity contribution in [1.82, 2.24) is 10.2 Å². The van der Waals surface area contributed by atoms with Crippen LogP contribution in [0.4, 0.5) is 5.69 Å². The molecule has 1 aromatic carbocycles. The summed E-state index contributed by atoms with van der Waals surface area (Å²) < 4.78 is 4.86. The van der Waals surface area contributed by atoms with Gasteiger partial charge in [-0.15, -0.1) is 12.4 Å². The van der Waals surface area contributed by atoms with Crippen LogP contribution < -0.4 is 10.6 Å². The number of nitrogens with zero attached hydrogens (tertiary/aromatic N) is 1. The normalized spacial score (nSPS) is 21.2. The van der Waals surface area contributed by atoms with E-state index in [2.05, 4.69) is 10.6 Å². The van der Waals surface area contributed by atoms with Gasteiger partial charge in [0.1, 0.15) is 6.04 Å². The Morgan fingerprint density at radius 2 is 2.07 bits per heavy atom. The maximum atomic E-state index is 13.0. The van der Waals surface area contributed by atoms with Gasteiger partial charge in [-0.1, -0.05) is 6.07 Å². The second kappa shape index (κ2) is 11.2. The standard InChI is InChI=1S/C21H29N3O4.ClH/c1-28-21(27)18-7-2-3-12-24(18)20(26)16-5-4-6-17(13-16)23-19(25)9-8-15-10-11-22-14-15;/h4-6,13,15,18,22H,2-3,7-12,14H2,1H3,(H,23,25);1H. The van der Waals surface area contributed by atoms with E-state index in [0.29, 0.717) is 36.6 Å². The number of halogens is 1. The van der Waals surface area contributed by atoms with Crippen molar-refractivity contribution in [1.29, 1.82) is 0 Å². The van der Waals surface area contributed by atoms with E-state index in [1.165, 1.54) is 7.11 Å². The van der Waals surface area contributed by atoms with E-state index in [1.54, 1.807) is 29.2 Å². The summed E-state index contributed by atoms with van der Waals surface area (Å²) in [6.07, 6.45) is 4.84. The fourth-order valence-corrected chi connectivity index (χ4v) is 3.97. The first-order chi connectivity index (χ1) is 13.6. The van der Waals surface area contributed by atoms with E-state index in [9.17, 15) is 14.4 Å². The lowest BCUT2D eigenvalue weighted by molar-refractivity contribution is -0.147. The zero-order chi connectivity index (χ0) is 19.9. The van der Waals surface area contributed by atoms with Crippen LogP contribution in [0.2, 0.25) is 0 Å². The molecule has 2 aliphatic heterocycles. The van der Waals surface area contributed by atoms with Gasteiger partial charge in [-0.25, -0.2) is 4.79 Å². The summed E-state index contributed by atoms with van der Waals surface area (Å²) in [6, 6.07) is 6.39. The van der Waals surface area contributed by atoms with Crippen LogP contribution in [0.5, 0.6) is 0 Å². The Bertz CT molecular complexity index is 722. The van der Waals surface area contributed by atoms with Crippen molar-refractivity contribution >= 4 is 35.9 Å². The van der Waals surface area contributed by atoms with E-state index in [1.807, 2.05) is 0 Å². The molecule has 0 bridgehead atoms. The first-order valence-corrected chi connectivity index (χ1v) is 10.1. The largest absolute Gasteiger partial charge is 0.467 e. The van der Waals surface area contributed by atoms with Gasteiger partial charge >= 0.3 is 5.97 Å². The Morgan fingerprint density at radius 3 is 2.79 bits per heavy atom. The maximum absolute atomic E-state index is 13.0. The van der Waals surface area contributed by atoms with Crippen molar-refractivity contribution in [3.8, 4) is 0 Å². The number of hydrogen-bond donors (Lipinski definition) is 2. The van der Waals surface area contributed by atoms with Crippen LogP contribution >= 0.6 is 12.4 Å². The lowest BCUT2D eigenvalue weighted by atomic mass is 10.0. The van der Waals surface area contributed by atoms with Crippen LogP contribution in [0.25, 0.3) is 0 Å². The molecule has 0 saturated carbocycles. The van der Waals surface area contributed by atoms with Gasteiger partial charge in [0, 0.05) is 24.2 Å². The van der Waals surface area contributed by atoms with Gasteiger partial charge in [-0.05, 0) is 69.3 Å². The number of carbonyl (C=O) groups is 3. The highest BCUT2D eigenvalue weighted by molar-refractivity contribution is 5.99. The highest BCUT2D eigenvalue weighted by Crippen LogP contribution is 2.22. The Balaban J connectivity index is 0.00000300. The molecular formula is C21H30ClN3O4. The van der Waals surface area contributed by atoms with Crippen molar-refractivity contribution in [2.45, 2.75) is 44.6 Å². The van der Waals surface area contributed by atoms with Crippen molar-refractivity contribution in [2.75, 3.05) is 32.1 Å². The molecule has 160 valence electrons. The molecule has 3 rings (SSSR count). The Hall–Kier alpha value is -2.12. The number of benzene rings is 1. The van der Waals surface area contributed by atoms with Crippen molar-refractivity contribution in [3.63, 3.8) is 0 Å². The van der Waals surface area contributed by atoms with Gasteiger partial charge in [0.2, 0.25) is 5.91 Å². The molecule has 2 saturated heterocycles. The minimum atomic E-state index is -0.537. The van der Waals surface area contributed by atoms with E-state index >= 15 is 0 Å².